The van der Waals surface area contributed by atoms with Crippen LogP contribution in [0, 0.1) is 13.8 Å². The Labute approximate surface area is 147 Å². The normalized spacial score (nSPS) is 26.8. The lowest BCUT2D eigenvalue weighted by atomic mass is 10.0. The van der Waals surface area contributed by atoms with E-state index in [1.165, 1.54) is 0 Å². The molecule has 7 heteroatoms. The van der Waals surface area contributed by atoms with E-state index in [9.17, 15) is 9.18 Å². The Morgan fingerprint density at radius 3 is 3.00 bits per heavy atom. The first-order valence-electron chi connectivity index (χ1n) is 9.04. The van der Waals surface area contributed by atoms with Gasteiger partial charge in [-0.3, -0.25) is 4.90 Å². The minimum Gasteiger partial charge on any atom is -0.361 e. The second-order valence-corrected chi connectivity index (χ2v) is 7.04. The second kappa shape index (κ2) is 7.99. The van der Waals surface area contributed by atoms with Crippen LogP contribution in [0.25, 0.3) is 0 Å². The Morgan fingerprint density at radius 1 is 1.48 bits per heavy atom. The maximum absolute atomic E-state index is 13.9. The van der Waals surface area contributed by atoms with Crippen molar-refractivity contribution in [3.8, 4) is 0 Å². The van der Waals surface area contributed by atoms with Gasteiger partial charge in [-0.05, 0) is 39.5 Å². The number of urea groups is 1. The first-order valence-corrected chi connectivity index (χ1v) is 9.04. The highest BCUT2D eigenvalue weighted by Gasteiger charge is 2.33. The number of aryl methyl sites for hydroxylation is 2. The molecule has 3 rings (SSSR count). The maximum atomic E-state index is 13.9. The molecule has 1 aliphatic carbocycles. The molecule has 1 saturated heterocycles. The summed E-state index contributed by atoms with van der Waals surface area (Å²) in [4.78, 5) is 14.2. The van der Waals surface area contributed by atoms with E-state index in [0.29, 0.717) is 26.1 Å². The highest BCUT2D eigenvalue weighted by molar-refractivity contribution is 5.74. The van der Waals surface area contributed by atoms with Crippen LogP contribution in [0.5, 0.6) is 0 Å². The summed E-state index contributed by atoms with van der Waals surface area (Å²) in [5.41, 5.74) is 1.85. The van der Waals surface area contributed by atoms with Crippen LogP contribution in [0.2, 0.25) is 0 Å². The number of nitrogens with one attached hydrogen (secondary N) is 2. The van der Waals surface area contributed by atoms with Crippen molar-refractivity contribution in [1.82, 2.24) is 20.7 Å². The number of hydrogen-bond donors (Lipinski definition) is 2. The minimum atomic E-state index is -0.864. The molecule has 6 nitrogen and oxygen atoms in total. The number of allylic oxidation sites excluding steroid dienone is 1. The summed E-state index contributed by atoms with van der Waals surface area (Å²) in [6.07, 6.45) is 6.86. The Morgan fingerprint density at radius 2 is 2.32 bits per heavy atom. The van der Waals surface area contributed by atoms with Crippen molar-refractivity contribution in [2.75, 3.05) is 13.1 Å². The summed E-state index contributed by atoms with van der Waals surface area (Å²) >= 11 is 0. The van der Waals surface area contributed by atoms with Gasteiger partial charge < -0.3 is 15.2 Å². The molecule has 3 atom stereocenters. The molecule has 0 aromatic carbocycles. The third-order valence-electron chi connectivity index (χ3n) is 5.09. The first kappa shape index (κ1) is 17.9. The van der Waals surface area contributed by atoms with Crippen LogP contribution in [0.4, 0.5) is 9.18 Å². The molecule has 2 amide bonds. The van der Waals surface area contributed by atoms with Crippen molar-refractivity contribution in [3.05, 3.63) is 29.2 Å². The summed E-state index contributed by atoms with van der Waals surface area (Å²) in [6, 6.07) is -0.0999. The van der Waals surface area contributed by atoms with Gasteiger partial charge in [0.2, 0.25) is 0 Å². The molecule has 1 aromatic rings. The average molecular weight is 350 g/mol. The molecule has 1 fully saturated rings. The maximum Gasteiger partial charge on any atom is 0.315 e. The van der Waals surface area contributed by atoms with Gasteiger partial charge in [-0.2, -0.15) is 0 Å². The number of rotatable bonds is 5. The van der Waals surface area contributed by atoms with E-state index < -0.39 is 6.17 Å². The number of amides is 2. The molecule has 2 N–H and O–H groups in total. The Bertz CT molecular complexity index is 611. The lowest BCUT2D eigenvalue weighted by Gasteiger charge is -2.25. The van der Waals surface area contributed by atoms with Gasteiger partial charge in [0.15, 0.2) is 0 Å². The number of halogens is 1. The average Bonchev–Trinajstić information content (AvgIpc) is 3.10. The molecule has 0 saturated carbocycles. The van der Waals surface area contributed by atoms with Gasteiger partial charge in [-0.15, -0.1) is 0 Å². The van der Waals surface area contributed by atoms with E-state index in [1.807, 2.05) is 19.9 Å². The monoisotopic (exact) mass is 350 g/mol. The lowest BCUT2D eigenvalue weighted by molar-refractivity contribution is 0.216. The van der Waals surface area contributed by atoms with Crippen LogP contribution in [0.3, 0.4) is 0 Å². The van der Waals surface area contributed by atoms with Gasteiger partial charge >= 0.3 is 6.03 Å². The van der Waals surface area contributed by atoms with Crippen molar-refractivity contribution >= 4 is 6.03 Å². The predicted molar refractivity (Wildman–Crippen MR) is 93.0 cm³/mol. The fourth-order valence-corrected chi connectivity index (χ4v) is 3.62. The first-order chi connectivity index (χ1) is 12.0. The number of hydrogen-bond acceptors (Lipinski definition) is 4. The fourth-order valence-electron chi connectivity index (χ4n) is 3.62. The van der Waals surface area contributed by atoms with Gasteiger partial charge in [-0.1, -0.05) is 17.3 Å². The highest BCUT2D eigenvalue weighted by atomic mass is 19.1. The molecule has 2 heterocycles. The van der Waals surface area contributed by atoms with Crippen molar-refractivity contribution in [2.24, 2.45) is 0 Å². The molecule has 138 valence electrons. The van der Waals surface area contributed by atoms with Crippen LogP contribution in [-0.4, -0.2) is 47.4 Å². The van der Waals surface area contributed by atoms with E-state index in [4.69, 9.17) is 4.52 Å². The van der Waals surface area contributed by atoms with Crippen LogP contribution in [0.1, 0.15) is 42.7 Å². The van der Waals surface area contributed by atoms with Gasteiger partial charge in [0.25, 0.3) is 0 Å². The summed E-state index contributed by atoms with van der Waals surface area (Å²) < 4.78 is 19.1. The van der Waals surface area contributed by atoms with Crippen molar-refractivity contribution in [2.45, 2.75) is 64.3 Å². The highest BCUT2D eigenvalue weighted by Crippen LogP contribution is 2.24. The molecule has 1 unspecified atom stereocenters. The molecule has 0 radical (unpaired) electrons. The molecule has 25 heavy (non-hydrogen) atoms. The second-order valence-electron chi connectivity index (χ2n) is 7.04. The lowest BCUT2D eigenvalue weighted by Crippen LogP contribution is -2.46. The zero-order valence-electron chi connectivity index (χ0n) is 14.9. The third kappa shape index (κ3) is 4.60. The van der Waals surface area contributed by atoms with Crippen LogP contribution in [-0.2, 0) is 6.54 Å². The molecular weight excluding hydrogens is 323 g/mol. The zero-order valence-corrected chi connectivity index (χ0v) is 14.9. The summed E-state index contributed by atoms with van der Waals surface area (Å²) in [6.45, 7) is 5.18. The number of aromatic nitrogens is 1. The standard InChI is InChI=1S/C18H27FN4O2/c1-12-17(13(2)25-22-12)11-23-10-14(19)8-16(23)9-20-18(24)21-15-6-4-3-5-7-15/h4,6,14-16H,3,5,7-11H2,1-2H3,(H2,20,21,24)/t14-,15?,16-/m0/s1. The van der Waals surface area contributed by atoms with Gasteiger partial charge in [-0.25, -0.2) is 9.18 Å². The van der Waals surface area contributed by atoms with E-state index in [0.717, 1.165) is 36.3 Å². The minimum absolute atomic E-state index is 0.0173. The zero-order chi connectivity index (χ0) is 17.8. The van der Waals surface area contributed by atoms with E-state index in [-0.39, 0.29) is 18.1 Å². The summed E-state index contributed by atoms with van der Waals surface area (Å²) in [7, 11) is 0. The Balaban J connectivity index is 1.52. The molecule has 0 spiro atoms. The molecule has 1 aliphatic heterocycles. The van der Waals surface area contributed by atoms with Crippen LogP contribution < -0.4 is 10.6 Å². The van der Waals surface area contributed by atoms with Gasteiger partial charge in [0.05, 0.1) is 5.69 Å². The van der Waals surface area contributed by atoms with Crippen LogP contribution in [0.15, 0.2) is 16.7 Å². The summed E-state index contributed by atoms with van der Waals surface area (Å²) in [5, 5.41) is 9.82. The number of carbonyl (C=O) groups excluding carboxylic acids is 1. The largest absolute Gasteiger partial charge is 0.361 e. The van der Waals surface area contributed by atoms with Gasteiger partial charge in [0.1, 0.15) is 11.9 Å². The number of alkyl halides is 1. The number of likely N-dealkylation sites (tertiary alicyclic amines) is 1. The van der Waals surface area contributed by atoms with E-state index in [1.54, 1.807) is 0 Å². The van der Waals surface area contributed by atoms with E-state index in [2.05, 4.69) is 26.8 Å². The fraction of sp³-hybridized carbons (Fsp3) is 0.667. The molecule has 2 aliphatic rings. The third-order valence-corrected chi connectivity index (χ3v) is 5.09. The molecule has 0 bridgehead atoms. The Kier molecular flexibility index (Phi) is 5.73. The smallest absolute Gasteiger partial charge is 0.315 e. The predicted octanol–water partition coefficient (Wildman–Crippen LogP) is 2.61. The topological polar surface area (TPSA) is 70.4 Å². The summed E-state index contributed by atoms with van der Waals surface area (Å²) in [5.74, 6) is 0.772. The van der Waals surface area contributed by atoms with Crippen molar-refractivity contribution in [1.29, 1.82) is 0 Å². The SMILES string of the molecule is Cc1noc(C)c1CN1C[C@@H](F)C[C@H]1CNC(=O)NC1C=CCCC1. The van der Waals surface area contributed by atoms with Crippen molar-refractivity contribution in [3.63, 3.8) is 0 Å². The number of nitrogens with zero attached hydrogens (tertiary/aromatic N) is 2. The quantitative estimate of drug-likeness (QED) is 0.801. The van der Waals surface area contributed by atoms with E-state index >= 15 is 0 Å². The molecule has 1 aromatic heterocycles. The Hall–Kier alpha value is -1.89. The van der Waals surface area contributed by atoms with Crippen LogP contribution >= 0.6 is 0 Å². The van der Waals surface area contributed by atoms with Gasteiger partial charge in [0, 0.05) is 37.3 Å². The van der Waals surface area contributed by atoms with Crippen molar-refractivity contribution < 1.29 is 13.7 Å². The number of carbonyl (C=O) groups is 1. The molecular formula is C18H27FN4O2.